The quantitative estimate of drug-likeness (QED) is 0.672. The summed E-state index contributed by atoms with van der Waals surface area (Å²) >= 11 is 0. The smallest absolute Gasteiger partial charge is 0.286 e. The largest absolute Gasteiger partial charge is 0.494 e. The van der Waals surface area contributed by atoms with Crippen molar-refractivity contribution in [2.75, 3.05) is 18.1 Å². The number of hydrogen-bond acceptors (Lipinski definition) is 6. The predicted octanol–water partition coefficient (Wildman–Crippen LogP) is 2.26. The van der Waals surface area contributed by atoms with Crippen molar-refractivity contribution in [3.8, 4) is 5.75 Å². The number of benzene rings is 2. The van der Waals surface area contributed by atoms with E-state index < -0.39 is 11.5 Å². The van der Waals surface area contributed by atoms with Gasteiger partial charge in [0.25, 0.3) is 11.5 Å². The van der Waals surface area contributed by atoms with Crippen LogP contribution in [0.15, 0.2) is 53.3 Å². The van der Waals surface area contributed by atoms with Crippen molar-refractivity contribution in [1.29, 1.82) is 0 Å². The fraction of sp³-hybridized carbons (Fsp3) is 0.238. The van der Waals surface area contributed by atoms with Crippen molar-refractivity contribution >= 4 is 17.5 Å². The number of anilines is 2. The van der Waals surface area contributed by atoms with Gasteiger partial charge in [0.2, 0.25) is 11.6 Å². The van der Waals surface area contributed by atoms with E-state index >= 15 is 0 Å². The van der Waals surface area contributed by atoms with Crippen LogP contribution in [0.2, 0.25) is 0 Å². The lowest BCUT2D eigenvalue weighted by atomic mass is 10.2. The third kappa shape index (κ3) is 3.86. The van der Waals surface area contributed by atoms with Crippen LogP contribution in [-0.2, 0) is 13.1 Å². The van der Waals surface area contributed by atoms with Gasteiger partial charge >= 0.3 is 0 Å². The van der Waals surface area contributed by atoms with Crippen LogP contribution in [0.1, 0.15) is 23.0 Å². The average molecular weight is 409 g/mol. The van der Waals surface area contributed by atoms with Crippen molar-refractivity contribution in [2.45, 2.75) is 20.0 Å². The SMILES string of the molecule is CCOc1ccc(N2CCn3c2nnc(C(=O)NCc2ccc(F)cc2)c3=O)cc1. The Bertz CT molecular complexity index is 1110. The Labute approximate surface area is 171 Å². The summed E-state index contributed by atoms with van der Waals surface area (Å²) in [4.78, 5) is 27.1. The molecule has 30 heavy (non-hydrogen) atoms. The van der Waals surface area contributed by atoms with Crippen LogP contribution < -0.4 is 20.5 Å². The van der Waals surface area contributed by atoms with Gasteiger partial charge in [-0.2, -0.15) is 0 Å². The van der Waals surface area contributed by atoms with Crippen molar-refractivity contribution in [3.63, 3.8) is 0 Å². The van der Waals surface area contributed by atoms with Crippen LogP contribution in [0.4, 0.5) is 16.0 Å². The zero-order chi connectivity index (χ0) is 21.1. The van der Waals surface area contributed by atoms with E-state index in [1.807, 2.05) is 36.1 Å². The summed E-state index contributed by atoms with van der Waals surface area (Å²) in [6.07, 6.45) is 0. The molecule has 1 aliphatic heterocycles. The second-order valence-electron chi connectivity index (χ2n) is 6.69. The minimum absolute atomic E-state index is 0.153. The highest BCUT2D eigenvalue weighted by Gasteiger charge is 2.27. The Morgan fingerprint density at radius 2 is 1.83 bits per heavy atom. The van der Waals surface area contributed by atoms with Gasteiger partial charge < -0.3 is 15.0 Å². The van der Waals surface area contributed by atoms with Gasteiger partial charge in [0, 0.05) is 25.3 Å². The van der Waals surface area contributed by atoms with E-state index in [0.29, 0.717) is 31.2 Å². The molecule has 8 nitrogen and oxygen atoms in total. The summed E-state index contributed by atoms with van der Waals surface area (Å²) < 4.78 is 19.9. The Morgan fingerprint density at radius 3 is 2.53 bits per heavy atom. The van der Waals surface area contributed by atoms with E-state index in [-0.39, 0.29) is 18.1 Å². The summed E-state index contributed by atoms with van der Waals surface area (Å²) in [5, 5.41) is 10.6. The third-order valence-electron chi connectivity index (χ3n) is 4.76. The number of fused-ring (bicyclic) bond motifs is 1. The molecule has 0 atom stereocenters. The molecule has 0 saturated carbocycles. The van der Waals surface area contributed by atoms with Gasteiger partial charge in [-0.05, 0) is 48.9 Å². The molecule has 0 aliphatic carbocycles. The predicted molar refractivity (Wildman–Crippen MR) is 108 cm³/mol. The van der Waals surface area contributed by atoms with E-state index in [9.17, 15) is 14.0 Å². The molecule has 0 unspecified atom stereocenters. The van der Waals surface area contributed by atoms with Gasteiger partial charge in [0.1, 0.15) is 11.6 Å². The summed E-state index contributed by atoms with van der Waals surface area (Å²) in [5.41, 5.74) is 0.798. The molecule has 3 aromatic rings. The lowest BCUT2D eigenvalue weighted by Crippen LogP contribution is -2.34. The number of carbonyl (C=O) groups is 1. The molecule has 0 spiro atoms. The molecule has 154 valence electrons. The van der Waals surface area contributed by atoms with E-state index in [2.05, 4.69) is 15.5 Å². The van der Waals surface area contributed by atoms with Gasteiger partial charge in [0.15, 0.2) is 0 Å². The average Bonchev–Trinajstić information content (AvgIpc) is 3.19. The van der Waals surface area contributed by atoms with E-state index in [1.165, 1.54) is 16.7 Å². The highest BCUT2D eigenvalue weighted by atomic mass is 19.1. The Balaban J connectivity index is 1.51. The summed E-state index contributed by atoms with van der Waals surface area (Å²) in [6.45, 7) is 3.59. The zero-order valence-electron chi connectivity index (χ0n) is 16.3. The highest BCUT2D eigenvalue weighted by molar-refractivity contribution is 5.91. The Kier molecular flexibility index (Phi) is 5.42. The molecule has 1 N–H and O–H groups in total. The first kappa shape index (κ1) is 19.6. The minimum Gasteiger partial charge on any atom is -0.494 e. The van der Waals surface area contributed by atoms with E-state index in [4.69, 9.17) is 4.74 Å². The molecule has 0 radical (unpaired) electrons. The Morgan fingerprint density at radius 1 is 1.10 bits per heavy atom. The number of nitrogens with zero attached hydrogens (tertiary/aromatic N) is 4. The molecular weight excluding hydrogens is 389 g/mol. The van der Waals surface area contributed by atoms with Gasteiger partial charge in [-0.1, -0.05) is 12.1 Å². The molecule has 1 amide bonds. The first-order valence-corrected chi connectivity index (χ1v) is 9.57. The molecule has 2 aromatic carbocycles. The molecule has 4 rings (SSSR count). The van der Waals surface area contributed by atoms with Crippen LogP contribution in [-0.4, -0.2) is 33.8 Å². The summed E-state index contributed by atoms with van der Waals surface area (Å²) in [6, 6.07) is 13.2. The number of ether oxygens (including phenoxy) is 1. The van der Waals surface area contributed by atoms with E-state index in [1.54, 1.807) is 12.1 Å². The van der Waals surface area contributed by atoms with Crippen LogP contribution >= 0.6 is 0 Å². The van der Waals surface area contributed by atoms with Gasteiger partial charge in [-0.3, -0.25) is 14.2 Å². The number of carbonyl (C=O) groups excluding carboxylic acids is 1. The molecule has 0 saturated heterocycles. The standard InChI is InChI=1S/C21H20FN5O3/c1-2-30-17-9-7-16(8-10-17)26-11-12-27-20(29)18(24-25-21(26)27)19(28)23-13-14-3-5-15(22)6-4-14/h3-10H,2,11-13H2,1H3,(H,23,28). The topological polar surface area (TPSA) is 89.3 Å². The van der Waals surface area contributed by atoms with Gasteiger partial charge in [0.05, 0.1) is 6.61 Å². The number of rotatable bonds is 6. The Hall–Kier alpha value is -3.75. The molecule has 0 fully saturated rings. The van der Waals surface area contributed by atoms with Crippen molar-refractivity contribution in [1.82, 2.24) is 20.1 Å². The van der Waals surface area contributed by atoms with Crippen LogP contribution in [0.25, 0.3) is 0 Å². The monoisotopic (exact) mass is 409 g/mol. The van der Waals surface area contributed by atoms with Gasteiger partial charge in [-0.15, -0.1) is 10.2 Å². The highest BCUT2D eigenvalue weighted by Crippen LogP contribution is 2.28. The van der Waals surface area contributed by atoms with Crippen molar-refractivity contribution in [3.05, 3.63) is 76.0 Å². The minimum atomic E-state index is -0.619. The fourth-order valence-corrected chi connectivity index (χ4v) is 3.26. The number of aromatic nitrogens is 3. The maximum Gasteiger partial charge on any atom is 0.286 e. The van der Waals surface area contributed by atoms with E-state index in [0.717, 1.165) is 11.4 Å². The lowest BCUT2D eigenvalue weighted by Gasteiger charge is -2.17. The second kappa shape index (κ2) is 8.32. The number of amides is 1. The number of nitrogens with one attached hydrogen (secondary N) is 1. The third-order valence-corrected chi connectivity index (χ3v) is 4.76. The van der Waals surface area contributed by atoms with Crippen molar-refractivity contribution < 1.29 is 13.9 Å². The summed E-state index contributed by atoms with van der Waals surface area (Å²) in [5.74, 6) is 0.174. The molecule has 0 bridgehead atoms. The van der Waals surface area contributed by atoms with Gasteiger partial charge in [-0.25, -0.2) is 4.39 Å². The fourth-order valence-electron chi connectivity index (χ4n) is 3.26. The first-order valence-electron chi connectivity index (χ1n) is 9.57. The summed E-state index contributed by atoms with van der Waals surface area (Å²) in [7, 11) is 0. The maximum absolute atomic E-state index is 13.0. The molecule has 2 heterocycles. The number of hydrogen-bond donors (Lipinski definition) is 1. The lowest BCUT2D eigenvalue weighted by molar-refractivity contribution is 0.0942. The molecule has 1 aliphatic rings. The normalized spacial score (nSPS) is 12.5. The zero-order valence-corrected chi connectivity index (χ0v) is 16.3. The molecule has 9 heteroatoms. The number of halogens is 1. The van der Waals surface area contributed by atoms with Crippen LogP contribution in [0.3, 0.4) is 0 Å². The molecular formula is C21H20FN5O3. The second-order valence-corrected chi connectivity index (χ2v) is 6.69. The molecule has 1 aromatic heterocycles. The van der Waals surface area contributed by atoms with Crippen molar-refractivity contribution in [2.24, 2.45) is 0 Å². The maximum atomic E-state index is 13.0. The first-order chi connectivity index (χ1) is 14.6. The van der Waals surface area contributed by atoms with Crippen LogP contribution in [0, 0.1) is 5.82 Å². The van der Waals surface area contributed by atoms with Crippen LogP contribution in [0.5, 0.6) is 5.75 Å².